The lowest BCUT2D eigenvalue weighted by Gasteiger charge is -2.24. The number of hydrogen-bond donors (Lipinski definition) is 0. The highest BCUT2D eigenvalue weighted by atomic mass is 79.9. The highest BCUT2D eigenvalue weighted by Gasteiger charge is 2.15. The first-order chi connectivity index (χ1) is 8.02. The summed E-state index contributed by atoms with van der Waals surface area (Å²) >= 11 is 3.34. The molecule has 4 nitrogen and oxygen atoms in total. The van der Waals surface area contributed by atoms with Gasteiger partial charge in [-0.25, -0.2) is 0 Å². The van der Waals surface area contributed by atoms with Gasteiger partial charge in [0.15, 0.2) is 0 Å². The fourth-order valence-electron chi connectivity index (χ4n) is 1.36. The van der Waals surface area contributed by atoms with Crippen molar-refractivity contribution in [2.75, 3.05) is 13.7 Å². The average molecular weight is 301 g/mol. The van der Waals surface area contributed by atoms with Crippen LogP contribution < -0.4 is 0 Å². The summed E-state index contributed by atoms with van der Waals surface area (Å²) < 4.78 is 5.63. The standard InChI is InChI=1S/C12H17BrN2O2/c1-9(2)15(8-12(16)17-3)7-11-5-4-10(13)6-14-11/h4-6,9H,7-8H2,1-3H3. The van der Waals surface area contributed by atoms with Gasteiger partial charge in [-0.05, 0) is 41.9 Å². The maximum atomic E-state index is 11.3. The van der Waals surface area contributed by atoms with Crippen LogP contribution in [-0.4, -0.2) is 35.5 Å². The molecule has 5 heteroatoms. The third kappa shape index (κ3) is 4.83. The van der Waals surface area contributed by atoms with E-state index in [1.807, 2.05) is 30.9 Å². The van der Waals surface area contributed by atoms with Crippen LogP contribution in [0.15, 0.2) is 22.8 Å². The molecule has 0 aliphatic carbocycles. The van der Waals surface area contributed by atoms with Crippen LogP contribution in [0, 0.1) is 0 Å². The minimum atomic E-state index is -0.226. The number of rotatable bonds is 5. The smallest absolute Gasteiger partial charge is 0.319 e. The molecule has 0 N–H and O–H groups in total. The van der Waals surface area contributed by atoms with E-state index >= 15 is 0 Å². The molecule has 0 radical (unpaired) electrons. The Morgan fingerprint density at radius 1 is 1.53 bits per heavy atom. The van der Waals surface area contributed by atoms with Crippen molar-refractivity contribution in [3.05, 3.63) is 28.5 Å². The molecule has 0 amide bonds. The van der Waals surface area contributed by atoms with E-state index < -0.39 is 0 Å². The minimum Gasteiger partial charge on any atom is -0.468 e. The van der Waals surface area contributed by atoms with E-state index in [0.29, 0.717) is 6.54 Å². The van der Waals surface area contributed by atoms with Crippen molar-refractivity contribution in [1.29, 1.82) is 0 Å². The Balaban J connectivity index is 2.66. The Kier molecular flexibility index (Phi) is 5.58. The van der Waals surface area contributed by atoms with Crippen molar-refractivity contribution in [3.63, 3.8) is 0 Å². The van der Waals surface area contributed by atoms with Crippen molar-refractivity contribution in [2.45, 2.75) is 26.4 Å². The van der Waals surface area contributed by atoms with Crippen LogP contribution in [0.25, 0.3) is 0 Å². The highest BCUT2D eigenvalue weighted by Crippen LogP contribution is 2.10. The summed E-state index contributed by atoms with van der Waals surface area (Å²) in [5.74, 6) is -0.226. The van der Waals surface area contributed by atoms with Crippen LogP contribution in [0.5, 0.6) is 0 Å². The number of ether oxygens (including phenoxy) is 1. The molecule has 1 rings (SSSR count). The van der Waals surface area contributed by atoms with Gasteiger partial charge >= 0.3 is 5.97 Å². The van der Waals surface area contributed by atoms with Crippen LogP contribution >= 0.6 is 15.9 Å². The molecule has 0 saturated heterocycles. The molecular formula is C12H17BrN2O2. The number of aromatic nitrogens is 1. The van der Waals surface area contributed by atoms with Gasteiger partial charge in [-0.3, -0.25) is 14.7 Å². The molecular weight excluding hydrogens is 284 g/mol. The van der Waals surface area contributed by atoms with Crippen LogP contribution in [-0.2, 0) is 16.1 Å². The summed E-state index contributed by atoms with van der Waals surface area (Å²) in [5, 5.41) is 0. The monoisotopic (exact) mass is 300 g/mol. The van der Waals surface area contributed by atoms with E-state index in [0.717, 1.165) is 10.2 Å². The molecule has 0 bridgehead atoms. The molecule has 0 fully saturated rings. The fraction of sp³-hybridized carbons (Fsp3) is 0.500. The quantitative estimate of drug-likeness (QED) is 0.782. The van der Waals surface area contributed by atoms with Crippen LogP contribution in [0.2, 0.25) is 0 Å². The Morgan fingerprint density at radius 2 is 2.24 bits per heavy atom. The van der Waals surface area contributed by atoms with Gasteiger partial charge in [-0.15, -0.1) is 0 Å². The molecule has 0 unspecified atom stereocenters. The number of carbonyl (C=O) groups is 1. The van der Waals surface area contributed by atoms with Gasteiger partial charge in [0.25, 0.3) is 0 Å². The predicted molar refractivity (Wildman–Crippen MR) is 69.5 cm³/mol. The van der Waals surface area contributed by atoms with E-state index in [4.69, 9.17) is 0 Å². The molecule has 94 valence electrons. The van der Waals surface area contributed by atoms with Crippen molar-refractivity contribution in [1.82, 2.24) is 9.88 Å². The minimum absolute atomic E-state index is 0.226. The summed E-state index contributed by atoms with van der Waals surface area (Å²) in [6.07, 6.45) is 1.76. The van der Waals surface area contributed by atoms with Gasteiger partial charge < -0.3 is 4.74 Å². The van der Waals surface area contributed by atoms with Gasteiger partial charge in [-0.2, -0.15) is 0 Å². The molecule has 1 aromatic heterocycles. The molecule has 0 aliphatic heterocycles. The molecule has 0 aliphatic rings. The number of nitrogens with zero attached hydrogens (tertiary/aromatic N) is 2. The number of hydrogen-bond acceptors (Lipinski definition) is 4. The number of pyridine rings is 1. The van der Waals surface area contributed by atoms with Crippen LogP contribution in [0.4, 0.5) is 0 Å². The fourth-order valence-corrected chi connectivity index (χ4v) is 1.59. The van der Waals surface area contributed by atoms with Crippen molar-refractivity contribution < 1.29 is 9.53 Å². The number of esters is 1. The third-order valence-electron chi connectivity index (χ3n) is 2.44. The molecule has 0 aromatic carbocycles. The summed E-state index contributed by atoms with van der Waals surface area (Å²) in [4.78, 5) is 17.6. The lowest BCUT2D eigenvalue weighted by molar-refractivity contribution is -0.142. The first-order valence-corrected chi connectivity index (χ1v) is 6.23. The second kappa shape index (κ2) is 6.71. The first-order valence-electron chi connectivity index (χ1n) is 5.44. The third-order valence-corrected chi connectivity index (χ3v) is 2.91. The lowest BCUT2D eigenvalue weighted by Crippen LogP contribution is -2.35. The zero-order valence-corrected chi connectivity index (χ0v) is 11.9. The van der Waals surface area contributed by atoms with E-state index in [-0.39, 0.29) is 18.6 Å². The Labute approximate surface area is 110 Å². The van der Waals surface area contributed by atoms with Crippen molar-refractivity contribution >= 4 is 21.9 Å². The molecule has 17 heavy (non-hydrogen) atoms. The van der Waals surface area contributed by atoms with Crippen LogP contribution in [0.3, 0.4) is 0 Å². The summed E-state index contributed by atoms with van der Waals surface area (Å²) in [7, 11) is 1.40. The van der Waals surface area contributed by atoms with Gasteiger partial charge in [0.2, 0.25) is 0 Å². The first kappa shape index (κ1) is 14.1. The Morgan fingerprint density at radius 3 is 2.71 bits per heavy atom. The maximum absolute atomic E-state index is 11.3. The predicted octanol–water partition coefficient (Wildman–Crippen LogP) is 2.23. The van der Waals surface area contributed by atoms with Crippen molar-refractivity contribution in [2.24, 2.45) is 0 Å². The topological polar surface area (TPSA) is 42.4 Å². The zero-order valence-electron chi connectivity index (χ0n) is 10.3. The van der Waals surface area contributed by atoms with E-state index in [1.54, 1.807) is 6.20 Å². The van der Waals surface area contributed by atoms with Gasteiger partial charge in [-0.1, -0.05) is 0 Å². The summed E-state index contributed by atoms with van der Waals surface area (Å²) in [6, 6.07) is 4.15. The second-order valence-electron chi connectivity index (χ2n) is 4.04. The van der Waals surface area contributed by atoms with E-state index in [1.165, 1.54) is 7.11 Å². The van der Waals surface area contributed by atoms with Gasteiger partial charge in [0.1, 0.15) is 0 Å². The average Bonchev–Trinajstić information content (AvgIpc) is 2.30. The Bertz CT molecular complexity index is 365. The van der Waals surface area contributed by atoms with E-state index in [9.17, 15) is 4.79 Å². The van der Waals surface area contributed by atoms with Crippen LogP contribution in [0.1, 0.15) is 19.5 Å². The second-order valence-corrected chi connectivity index (χ2v) is 4.96. The number of halogens is 1. The molecule has 1 aromatic rings. The molecule has 0 atom stereocenters. The van der Waals surface area contributed by atoms with Gasteiger partial charge in [0, 0.05) is 23.3 Å². The number of methoxy groups -OCH3 is 1. The summed E-state index contributed by atoms with van der Waals surface area (Å²) in [6.45, 7) is 5.01. The zero-order chi connectivity index (χ0) is 12.8. The SMILES string of the molecule is COC(=O)CN(Cc1ccc(Br)cn1)C(C)C. The normalized spacial score (nSPS) is 10.9. The number of carbonyl (C=O) groups excluding carboxylic acids is 1. The lowest BCUT2D eigenvalue weighted by atomic mass is 10.2. The molecule has 0 saturated carbocycles. The molecule has 1 heterocycles. The molecule has 0 spiro atoms. The summed E-state index contributed by atoms with van der Waals surface area (Å²) in [5.41, 5.74) is 0.936. The Hall–Kier alpha value is -0.940. The maximum Gasteiger partial charge on any atom is 0.319 e. The van der Waals surface area contributed by atoms with Crippen molar-refractivity contribution in [3.8, 4) is 0 Å². The highest BCUT2D eigenvalue weighted by molar-refractivity contribution is 9.10. The largest absolute Gasteiger partial charge is 0.468 e. The van der Waals surface area contributed by atoms with E-state index in [2.05, 4.69) is 25.7 Å². The van der Waals surface area contributed by atoms with Gasteiger partial charge in [0.05, 0.1) is 19.3 Å².